The molecule has 0 bridgehead atoms. The molecule has 0 saturated carbocycles. The summed E-state index contributed by atoms with van der Waals surface area (Å²) in [7, 11) is 0. The van der Waals surface area contributed by atoms with Gasteiger partial charge in [-0.15, -0.1) is 0 Å². The fourth-order valence-corrected chi connectivity index (χ4v) is 3.96. The van der Waals surface area contributed by atoms with Crippen LogP contribution in [0.1, 0.15) is 49.5 Å². The number of likely N-dealkylation sites (N-methyl/N-ethyl adjacent to an activating group) is 1. The number of nitrogens with zero attached hydrogens (tertiary/aromatic N) is 1. The van der Waals surface area contributed by atoms with Gasteiger partial charge in [-0.2, -0.15) is 0 Å². The van der Waals surface area contributed by atoms with E-state index in [1.165, 1.54) is 21.6 Å². The molecule has 4 heteroatoms. The first kappa shape index (κ1) is 19.3. The molecule has 1 atom stereocenters. The minimum absolute atomic E-state index is 0.188. The van der Waals surface area contributed by atoms with Crippen molar-refractivity contribution >= 4 is 17.6 Å². The summed E-state index contributed by atoms with van der Waals surface area (Å²) in [6.07, 6.45) is 0.188. The van der Waals surface area contributed by atoms with Crippen LogP contribution in [0.15, 0.2) is 47.4 Å². The Balaban J connectivity index is 1.62. The quantitative estimate of drug-likeness (QED) is 0.666. The summed E-state index contributed by atoms with van der Waals surface area (Å²) in [6.45, 7) is 12.8. The van der Waals surface area contributed by atoms with Crippen molar-refractivity contribution in [2.24, 2.45) is 0 Å². The Hall–Kier alpha value is -1.49. The molecule has 0 radical (unpaired) electrons. The Morgan fingerprint density at radius 2 is 1.96 bits per heavy atom. The van der Waals surface area contributed by atoms with E-state index >= 15 is 0 Å². The van der Waals surface area contributed by atoms with Gasteiger partial charge >= 0.3 is 0 Å². The number of benzene rings is 2. The molecule has 1 aliphatic rings. The fourth-order valence-electron chi connectivity index (χ4n) is 3.23. The minimum atomic E-state index is 0.188. The van der Waals surface area contributed by atoms with Crippen molar-refractivity contribution in [3.63, 3.8) is 0 Å². The van der Waals surface area contributed by atoms with Crippen LogP contribution in [0.5, 0.6) is 0 Å². The van der Waals surface area contributed by atoms with Crippen molar-refractivity contribution < 1.29 is 4.74 Å². The van der Waals surface area contributed by atoms with Gasteiger partial charge < -0.3 is 9.46 Å². The van der Waals surface area contributed by atoms with Crippen LogP contribution in [0.3, 0.4) is 0 Å². The Labute approximate surface area is 162 Å². The molecule has 1 N–H and O–H groups in total. The molecule has 0 aromatic heterocycles. The number of ether oxygens (including phenoxy) is 1. The molecule has 1 saturated heterocycles. The van der Waals surface area contributed by atoms with Crippen LogP contribution in [-0.4, -0.2) is 31.1 Å². The molecule has 3 nitrogen and oxygen atoms in total. The Morgan fingerprint density at radius 1 is 1.19 bits per heavy atom. The van der Waals surface area contributed by atoms with Gasteiger partial charge in [-0.1, -0.05) is 45.0 Å². The van der Waals surface area contributed by atoms with Crippen molar-refractivity contribution in [2.75, 3.05) is 31.0 Å². The number of aryl methyl sites for hydroxylation is 1. The zero-order chi connectivity index (χ0) is 18.5. The van der Waals surface area contributed by atoms with Gasteiger partial charge in [0.15, 0.2) is 0 Å². The van der Waals surface area contributed by atoms with E-state index in [1.807, 2.05) is 0 Å². The van der Waals surface area contributed by atoms with Gasteiger partial charge in [-0.25, -0.2) is 0 Å². The predicted octanol–water partition coefficient (Wildman–Crippen LogP) is 5.63. The smallest absolute Gasteiger partial charge is 0.0952 e. The number of anilines is 1. The first-order chi connectivity index (χ1) is 12.6. The Kier molecular flexibility index (Phi) is 6.63. The Morgan fingerprint density at radius 3 is 2.62 bits per heavy atom. The highest BCUT2D eigenvalue weighted by Crippen LogP contribution is 2.29. The number of rotatable bonds is 6. The number of nitrogens with one attached hydrogen (secondary N) is 1. The molecule has 3 rings (SSSR count). The fraction of sp³-hybridized carbons (Fsp3) is 0.455. The van der Waals surface area contributed by atoms with Gasteiger partial charge in [-0.3, -0.25) is 4.90 Å². The van der Waals surface area contributed by atoms with Gasteiger partial charge in [0.05, 0.1) is 12.7 Å². The standard InChI is InChI=1S/C22H30N2OS/c1-5-24-12-13-25-22(15-24)19-8-11-21(17(4)14-19)23-26-20-9-6-18(7-10-20)16(2)3/h6-11,14,16,22-23H,5,12-13,15H2,1-4H3. The second-order valence-corrected chi connectivity index (χ2v) is 8.13. The maximum absolute atomic E-state index is 5.98. The normalized spacial score (nSPS) is 18.3. The molecule has 26 heavy (non-hydrogen) atoms. The first-order valence-electron chi connectivity index (χ1n) is 9.54. The summed E-state index contributed by atoms with van der Waals surface area (Å²) in [5, 5.41) is 0. The maximum atomic E-state index is 5.98. The third-order valence-electron chi connectivity index (χ3n) is 5.05. The summed E-state index contributed by atoms with van der Waals surface area (Å²) in [5.74, 6) is 0.572. The molecule has 1 fully saturated rings. The molecule has 1 aliphatic heterocycles. The van der Waals surface area contributed by atoms with Gasteiger partial charge in [0.25, 0.3) is 0 Å². The summed E-state index contributed by atoms with van der Waals surface area (Å²) >= 11 is 1.66. The van der Waals surface area contributed by atoms with E-state index in [1.54, 1.807) is 11.9 Å². The highest BCUT2D eigenvalue weighted by molar-refractivity contribution is 8.00. The van der Waals surface area contributed by atoms with E-state index in [2.05, 4.69) is 79.8 Å². The van der Waals surface area contributed by atoms with Gasteiger partial charge in [-0.05, 0) is 66.2 Å². The molecule has 0 amide bonds. The van der Waals surface area contributed by atoms with Crippen LogP contribution in [-0.2, 0) is 4.74 Å². The number of hydrogen-bond acceptors (Lipinski definition) is 4. The lowest BCUT2D eigenvalue weighted by atomic mass is 10.0. The van der Waals surface area contributed by atoms with E-state index in [4.69, 9.17) is 4.74 Å². The average molecular weight is 371 g/mol. The van der Waals surface area contributed by atoms with Crippen molar-refractivity contribution in [3.05, 3.63) is 59.2 Å². The third-order valence-corrected chi connectivity index (χ3v) is 5.88. The molecule has 1 unspecified atom stereocenters. The van der Waals surface area contributed by atoms with Gasteiger partial charge in [0, 0.05) is 23.7 Å². The van der Waals surface area contributed by atoms with Gasteiger partial charge in [0.1, 0.15) is 0 Å². The highest BCUT2D eigenvalue weighted by Gasteiger charge is 2.21. The molecule has 1 heterocycles. The van der Waals surface area contributed by atoms with Crippen LogP contribution in [0.2, 0.25) is 0 Å². The summed E-state index contributed by atoms with van der Waals surface area (Å²) < 4.78 is 9.48. The minimum Gasteiger partial charge on any atom is -0.371 e. The van der Waals surface area contributed by atoms with Crippen LogP contribution in [0, 0.1) is 6.92 Å². The van der Waals surface area contributed by atoms with E-state index in [0.29, 0.717) is 5.92 Å². The van der Waals surface area contributed by atoms with Crippen molar-refractivity contribution in [1.29, 1.82) is 0 Å². The zero-order valence-corrected chi connectivity index (χ0v) is 17.1. The topological polar surface area (TPSA) is 24.5 Å². The average Bonchev–Trinajstić information content (AvgIpc) is 2.67. The highest BCUT2D eigenvalue weighted by atomic mass is 32.2. The molecular formula is C22H30N2OS. The van der Waals surface area contributed by atoms with Crippen molar-refractivity contribution in [1.82, 2.24) is 4.90 Å². The summed E-state index contributed by atoms with van der Waals surface area (Å²) in [6, 6.07) is 15.4. The number of morpholine rings is 1. The lowest BCUT2D eigenvalue weighted by molar-refractivity contribution is -0.0281. The zero-order valence-electron chi connectivity index (χ0n) is 16.3. The first-order valence-corrected chi connectivity index (χ1v) is 10.4. The molecule has 0 spiro atoms. The number of hydrogen-bond donors (Lipinski definition) is 1. The summed E-state index contributed by atoms with van der Waals surface area (Å²) in [4.78, 5) is 3.68. The predicted molar refractivity (Wildman–Crippen MR) is 112 cm³/mol. The summed E-state index contributed by atoms with van der Waals surface area (Å²) in [5.41, 5.74) is 5.07. The molecular weight excluding hydrogens is 340 g/mol. The SMILES string of the molecule is CCN1CCOC(c2ccc(NSc3ccc(C(C)C)cc3)c(C)c2)C1. The maximum Gasteiger partial charge on any atom is 0.0952 e. The van der Waals surface area contributed by atoms with Gasteiger partial charge in [0.2, 0.25) is 0 Å². The second-order valence-electron chi connectivity index (χ2n) is 7.25. The lowest BCUT2D eigenvalue weighted by Gasteiger charge is -2.32. The molecule has 0 aliphatic carbocycles. The lowest BCUT2D eigenvalue weighted by Crippen LogP contribution is -2.38. The van der Waals surface area contributed by atoms with Crippen LogP contribution in [0.25, 0.3) is 0 Å². The van der Waals surface area contributed by atoms with Crippen molar-refractivity contribution in [2.45, 2.75) is 44.6 Å². The molecule has 2 aromatic carbocycles. The monoisotopic (exact) mass is 370 g/mol. The van der Waals surface area contributed by atoms with E-state index in [0.717, 1.165) is 31.9 Å². The second kappa shape index (κ2) is 8.94. The van der Waals surface area contributed by atoms with Crippen LogP contribution < -0.4 is 4.72 Å². The van der Waals surface area contributed by atoms with E-state index < -0.39 is 0 Å². The third kappa shape index (κ3) is 4.81. The molecule has 2 aromatic rings. The van der Waals surface area contributed by atoms with E-state index in [-0.39, 0.29) is 6.10 Å². The Bertz CT molecular complexity index is 715. The van der Waals surface area contributed by atoms with Crippen molar-refractivity contribution in [3.8, 4) is 0 Å². The largest absolute Gasteiger partial charge is 0.371 e. The van der Waals surface area contributed by atoms with E-state index in [9.17, 15) is 0 Å². The molecule has 140 valence electrons. The van der Waals surface area contributed by atoms with Crippen LogP contribution in [0.4, 0.5) is 5.69 Å². The van der Waals surface area contributed by atoms with Crippen LogP contribution >= 0.6 is 11.9 Å².